The predicted octanol–water partition coefficient (Wildman–Crippen LogP) is 1.91. The number of aliphatic carboxylic acids is 1. The number of aliphatic hydroxyl groups is 1. The molecular weight excluding hydrogens is 270 g/mol. The number of aliphatic hydroxyl groups excluding tert-OH is 1. The van der Waals surface area contributed by atoms with Crippen LogP contribution in [0.15, 0.2) is 30.3 Å². The molecule has 0 spiro atoms. The molecule has 1 aromatic carbocycles. The van der Waals surface area contributed by atoms with Gasteiger partial charge in [0.2, 0.25) is 5.91 Å². The summed E-state index contributed by atoms with van der Waals surface area (Å²) in [5.41, 5.74) is 1.10. The molecule has 0 aliphatic heterocycles. The van der Waals surface area contributed by atoms with Gasteiger partial charge in [0.05, 0.1) is 0 Å². The molecule has 5 nitrogen and oxygen atoms in total. The molecule has 1 amide bonds. The lowest BCUT2D eigenvalue weighted by Gasteiger charge is -2.17. The highest BCUT2D eigenvalue weighted by Crippen LogP contribution is 2.18. The lowest BCUT2D eigenvalue weighted by atomic mass is 9.96. The van der Waals surface area contributed by atoms with E-state index in [-0.39, 0.29) is 24.9 Å². The summed E-state index contributed by atoms with van der Waals surface area (Å²) in [6.07, 6.45) is 2.14. The summed E-state index contributed by atoms with van der Waals surface area (Å²) >= 11 is 0. The highest BCUT2D eigenvalue weighted by molar-refractivity contribution is 5.76. The number of hydrogen-bond donors (Lipinski definition) is 3. The molecule has 5 heteroatoms. The number of hydrogen-bond acceptors (Lipinski definition) is 3. The van der Waals surface area contributed by atoms with E-state index in [0.717, 1.165) is 5.56 Å². The Bertz CT molecular complexity index is 433. The number of benzene rings is 1. The molecule has 1 unspecified atom stereocenters. The SMILES string of the molecule is O=C(O)CCCCC(=O)NCC(CCO)c1ccccc1. The van der Waals surface area contributed by atoms with E-state index in [9.17, 15) is 9.59 Å². The minimum absolute atomic E-state index is 0.0701. The fourth-order valence-electron chi connectivity index (χ4n) is 2.15. The van der Waals surface area contributed by atoms with Crippen LogP contribution < -0.4 is 5.32 Å². The zero-order chi connectivity index (χ0) is 15.5. The average Bonchev–Trinajstić information content (AvgIpc) is 2.48. The smallest absolute Gasteiger partial charge is 0.303 e. The van der Waals surface area contributed by atoms with Crippen LogP contribution in [0.4, 0.5) is 0 Å². The third-order valence-corrected chi connectivity index (χ3v) is 3.34. The maximum Gasteiger partial charge on any atom is 0.303 e. The van der Waals surface area contributed by atoms with Crippen LogP contribution in [-0.4, -0.2) is 35.2 Å². The van der Waals surface area contributed by atoms with Crippen molar-refractivity contribution in [1.82, 2.24) is 5.32 Å². The molecule has 21 heavy (non-hydrogen) atoms. The van der Waals surface area contributed by atoms with Gasteiger partial charge in [0.1, 0.15) is 0 Å². The van der Waals surface area contributed by atoms with Crippen LogP contribution in [0.3, 0.4) is 0 Å². The van der Waals surface area contributed by atoms with Crippen LogP contribution in [0.25, 0.3) is 0 Å². The highest BCUT2D eigenvalue weighted by Gasteiger charge is 2.12. The van der Waals surface area contributed by atoms with Crippen molar-refractivity contribution in [1.29, 1.82) is 0 Å². The minimum Gasteiger partial charge on any atom is -0.481 e. The van der Waals surface area contributed by atoms with Gasteiger partial charge in [-0.2, -0.15) is 0 Å². The fourth-order valence-corrected chi connectivity index (χ4v) is 2.15. The number of carboxylic acid groups (broad SMARTS) is 1. The Morgan fingerprint density at radius 2 is 1.76 bits per heavy atom. The van der Waals surface area contributed by atoms with E-state index in [1.807, 2.05) is 30.3 Å². The fraction of sp³-hybridized carbons (Fsp3) is 0.500. The summed E-state index contributed by atoms with van der Waals surface area (Å²) in [5, 5.41) is 20.5. The molecule has 0 aliphatic carbocycles. The van der Waals surface area contributed by atoms with Gasteiger partial charge in [-0.15, -0.1) is 0 Å². The first-order valence-corrected chi connectivity index (χ1v) is 7.27. The topological polar surface area (TPSA) is 86.6 Å². The molecule has 0 radical (unpaired) electrons. The molecule has 3 N–H and O–H groups in total. The first-order valence-electron chi connectivity index (χ1n) is 7.27. The van der Waals surface area contributed by atoms with Crippen LogP contribution in [0.5, 0.6) is 0 Å². The van der Waals surface area contributed by atoms with Gasteiger partial charge in [0.25, 0.3) is 0 Å². The maximum atomic E-state index is 11.7. The van der Waals surface area contributed by atoms with E-state index in [2.05, 4.69) is 5.32 Å². The van der Waals surface area contributed by atoms with Crippen LogP contribution in [0, 0.1) is 0 Å². The third kappa shape index (κ3) is 7.46. The second-order valence-electron chi connectivity index (χ2n) is 5.02. The van der Waals surface area contributed by atoms with Crippen molar-refractivity contribution >= 4 is 11.9 Å². The maximum absolute atomic E-state index is 11.7. The summed E-state index contributed by atoms with van der Waals surface area (Å²) < 4.78 is 0. The van der Waals surface area contributed by atoms with Gasteiger partial charge in [-0.3, -0.25) is 9.59 Å². The predicted molar refractivity (Wildman–Crippen MR) is 80.0 cm³/mol. The van der Waals surface area contributed by atoms with E-state index >= 15 is 0 Å². The Morgan fingerprint density at radius 3 is 2.38 bits per heavy atom. The second-order valence-corrected chi connectivity index (χ2v) is 5.02. The minimum atomic E-state index is -0.831. The summed E-state index contributed by atoms with van der Waals surface area (Å²) in [7, 11) is 0. The van der Waals surface area contributed by atoms with E-state index in [0.29, 0.717) is 32.2 Å². The summed E-state index contributed by atoms with van der Waals surface area (Å²) in [4.78, 5) is 22.1. The van der Waals surface area contributed by atoms with Crippen LogP contribution in [0.1, 0.15) is 43.6 Å². The van der Waals surface area contributed by atoms with Crippen molar-refractivity contribution in [3.63, 3.8) is 0 Å². The van der Waals surface area contributed by atoms with Crippen LogP contribution in [-0.2, 0) is 9.59 Å². The Labute approximate surface area is 125 Å². The van der Waals surface area contributed by atoms with Gasteiger partial charge >= 0.3 is 5.97 Å². The molecule has 0 saturated carbocycles. The molecule has 0 fully saturated rings. The van der Waals surface area contributed by atoms with E-state index < -0.39 is 5.97 Å². The Balaban J connectivity index is 2.33. The molecular formula is C16H23NO4. The average molecular weight is 293 g/mol. The Morgan fingerprint density at radius 1 is 1.10 bits per heavy atom. The molecule has 116 valence electrons. The number of carbonyl (C=O) groups excluding carboxylic acids is 1. The van der Waals surface area contributed by atoms with Crippen LogP contribution in [0.2, 0.25) is 0 Å². The van der Waals surface area contributed by atoms with Crippen molar-refractivity contribution in [3.05, 3.63) is 35.9 Å². The van der Waals surface area contributed by atoms with Crippen molar-refractivity contribution < 1.29 is 19.8 Å². The molecule has 0 aromatic heterocycles. The molecule has 0 bridgehead atoms. The second kappa shape index (κ2) is 9.94. The molecule has 0 saturated heterocycles. The first kappa shape index (κ1) is 17.2. The molecule has 0 aliphatic rings. The van der Waals surface area contributed by atoms with Gasteiger partial charge in [0.15, 0.2) is 0 Å². The van der Waals surface area contributed by atoms with Crippen molar-refractivity contribution in [3.8, 4) is 0 Å². The lowest BCUT2D eigenvalue weighted by Crippen LogP contribution is -2.28. The standard InChI is InChI=1S/C16H23NO4/c18-11-10-14(13-6-2-1-3-7-13)12-17-15(19)8-4-5-9-16(20)21/h1-3,6-7,14,18H,4-5,8-12H2,(H,17,19)(H,20,21). The van der Waals surface area contributed by atoms with Crippen LogP contribution >= 0.6 is 0 Å². The molecule has 0 heterocycles. The number of unbranched alkanes of at least 4 members (excludes halogenated alkanes) is 1. The summed E-state index contributed by atoms with van der Waals surface area (Å²) in [5.74, 6) is -0.805. The van der Waals surface area contributed by atoms with E-state index in [4.69, 9.17) is 10.2 Å². The third-order valence-electron chi connectivity index (χ3n) is 3.34. The molecule has 1 aromatic rings. The zero-order valence-electron chi connectivity index (χ0n) is 12.1. The quantitative estimate of drug-likeness (QED) is 0.575. The number of carbonyl (C=O) groups is 2. The number of rotatable bonds is 10. The first-order chi connectivity index (χ1) is 10.1. The number of nitrogens with one attached hydrogen (secondary N) is 1. The Hall–Kier alpha value is -1.88. The summed E-state index contributed by atoms with van der Waals surface area (Å²) in [6, 6.07) is 9.78. The van der Waals surface area contributed by atoms with E-state index in [1.165, 1.54) is 0 Å². The largest absolute Gasteiger partial charge is 0.481 e. The summed E-state index contributed by atoms with van der Waals surface area (Å²) in [6.45, 7) is 0.566. The number of amides is 1. The Kier molecular flexibility index (Phi) is 8.12. The zero-order valence-corrected chi connectivity index (χ0v) is 12.1. The number of carboxylic acids is 1. The van der Waals surface area contributed by atoms with E-state index in [1.54, 1.807) is 0 Å². The molecule has 1 rings (SSSR count). The lowest BCUT2D eigenvalue weighted by molar-refractivity contribution is -0.137. The van der Waals surface area contributed by atoms with Gasteiger partial charge in [0, 0.05) is 31.9 Å². The van der Waals surface area contributed by atoms with Gasteiger partial charge < -0.3 is 15.5 Å². The normalized spacial score (nSPS) is 11.9. The van der Waals surface area contributed by atoms with Crippen molar-refractivity contribution in [2.75, 3.05) is 13.2 Å². The van der Waals surface area contributed by atoms with Crippen molar-refractivity contribution in [2.45, 2.75) is 38.0 Å². The van der Waals surface area contributed by atoms with Gasteiger partial charge in [-0.05, 0) is 24.8 Å². The van der Waals surface area contributed by atoms with Gasteiger partial charge in [-0.1, -0.05) is 30.3 Å². The van der Waals surface area contributed by atoms with Gasteiger partial charge in [-0.25, -0.2) is 0 Å². The molecule has 1 atom stereocenters. The van der Waals surface area contributed by atoms with Crippen molar-refractivity contribution in [2.24, 2.45) is 0 Å². The highest BCUT2D eigenvalue weighted by atomic mass is 16.4. The monoisotopic (exact) mass is 293 g/mol.